The second-order valence-electron chi connectivity index (χ2n) is 7.97. The van der Waals surface area contributed by atoms with Crippen LogP contribution in [0.4, 0.5) is 0 Å². The summed E-state index contributed by atoms with van der Waals surface area (Å²) in [6.45, 7) is 6.85. The van der Waals surface area contributed by atoms with E-state index in [1.54, 1.807) is 94.4 Å². The molecule has 0 spiro atoms. The number of phenols is 1. The minimum Gasteiger partial charge on any atom is -0.502 e. The molecule has 0 heterocycles. The van der Waals surface area contributed by atoms with Crippen molar-refractivity contribution in [2.45, 2.75) is 38.9 Å². The van der Waals surface area contributed by atoms with Gasteiger partial charge in [0.05, 0.1) is 11.2 Å². The molecule has 5 nitrogen and oxygen atoms in total. The molecular weight excluding hydrogens is 368 g/mol. The molecule has 152 valence electrons. The van der Waals surface area contributed by atoms with Crippen LogP contribution in [0.3, 0.4) is 0 Å². The Bertz CT molecular complexity index is 884. The van der Waals surface area contributed by atoms with E-state index in [0.717, 1.165) is 11.1 Å². The number of ether oxygens (including phenoxy) is 2. The van der Waals surface area contributed by atoms with Crippen LogP contribution < -0.4 is 9.47 Å². The zero-order valence-corrected chi connectivity index (χ0v) is 17.0. The molecule has 0 radical (unpaired) electrons. The highest BCUT2D eigenvalue weighted by Crippen LogP contribution is 2.40. The van der Waals surface area contributed by atoms with Crippen LogP contribution in [0, 0.1) is 0 Å². The Labute approximate surface area is 170 Å². The van der Waals surface area contributed by atoms with E-state index in [2.05, 4.69) is 0 Å². The highest BCUT2D eigenvalue weighted by Gasteiger charge is 2.17. The fraction of sp³-hybridized carbons (Fsp3) is 0.250. The molecule has 3 N–H and O–H groups in total. The minimum atomic E-state index is -0.935. The quantitative estimate of drug-likeness (QED) is 0.519. The summed E-state index contributed by atoms with van der Waals surface area (Å²) in [6, 6.07) is 19.0. The number of benzene rings is 3. The molecule has 0 amide bonds. The molecule has 0 saturated heterocycles. The largest absolute Gasteiger partial charge is 0.502 e. The van der Waals surface area contributed by atoms with Crippen LogP contribution in [0.25, 0.3) is 0 Å². The average Bonchev–Trinajstić information content (AvgIpc) is 2.64. The fourth-order valence-corrected chi connectivity index (χ4v) is 2.78. The molecule has 3 rings (SSSR count). The van der Waals surface area contributed by atoms with Crippen molar-refractivity contribution in [1.29, 1.82) is 0 Å². The van der Waals surface area contributed by atoms with Crippen molar-refractivity contribution in [3.63, 3.8) is 0 Å². The van der Waals surface area contributed by atoms with Gasteiger partial charge >= 0.3 is 0 Å². The van der Waals surface area contributed by atoms with Crippen molar-refractivity contribution in [3.05, 3.63) is 77.9 Å². The molecule has 0 fully saturated rings. The van der Waals surface area contributed by atoms with E-state index in [1.807, 2.05) is 0 Å². The molecule has 29 heavy (non-hydrogen) atoms. The van der Waals surface area contributed by atoms with Crippen molar-refractivity contribution >= 4 is 0 Å². The van der Waals surface area contributed by atoms with Crippen molar-refractivity contribution < 1.29 is 24.8 Å². The first-order chi connectivity index (χ1) is 13.5. The maximum atomic E-state index is 10.5. The van der Waals surface area contributed by atoms with Crippen molar-refractivity contribution in [3.8, 4) is 28.7 Å². The van der Waals surface area contributed by atoms with Crippen molar-refractivity contribution in [2.75, 3.05) is 0 Å². The lowest BCUT2D eigenvalue weighted by Crippen LogP contribution is -2.14. The zero-order chi connectivity index (χ0) is 21.2. The van der Waals surface area contributed by atoms with E-state index in [1.165, 1.54) is 0 Å². The maximum Gasteiger partial charge on any atom is 0.202 e. The Morgan fingerprint density at radius 2 is 0.931 bits per heavy atom. The van der Waals surface area contributed by atoms with E-state index in [-0.39, 0.29) is 17.2 Å². The molecule has 0 aliphatic rings. The van der Waals surface area contributed by atoms with E-state index in [4.69, 9.17) is 9.47 Å². The van der Waals surface area contributed by atoms with Gasteiger partial charge in [-0.05, 0) is 75.2 Å². The van der Waals surface area contributed by atoms with Crippen LogP contribution in [-0.4, -0.2) is 15.3 Å². The third-order valence-corrected chi connectivity index (χ3v) is 4.54. The first-order valence-corrected chi connectivity index (χ1v) is 9.37. The van der Waals surface area contributed by atoms with Gasteiger partial charge in [0, 0.05) is 0 Å². The molecule has 3 aromatic carbocycles. The van der Waals surface area contributed by atoms with Gasteiger partial charge in [-0.3, -0.25) is 0 Å². The normalized spacial score (nSPS) is 11.9. The molecule has 5 heteroatoms. The predicted octanol–water partition coefficient (Wildman–Crippen LogP) is 5.43. The van der Waals surface area contributed by atoms with E-state index in [9.17, 15) is 15.3 Å². The van der Waals surface area contributed by atoms with Gasteiger partial charge in [-0.15, -0.1) is 0 Å². The van der Waals surface area contributed by atoms with E-state index in [0.29, 0.717) is 11.5 Å². The number of hydrogen-bond donors (Lipinski definition) is 3. The number of aromatic hydroxyl groups is 1. The van der Waals surface area contributed by atoms with Gasteiger partial charge in [0.2, 0.25) is 5.75 Å². The zero-order valence-electron chi connectivity index (χ0n) is 17.0. The standard InChI is InChI=1S/C24H26O5/c1-23(2,26)16-8-12-18(13-9-16)28-20-6-5-7-21(22(20)25)29-19-14-10-17(11-15-19)24(3,4)27/h5-15,25-27H,1-4H3. The van der Waals surface area contributed by atoms with Gasteiger partial charge in [-0.25, -0.2) is 0 Å². The maximum absolute atomic E-state index is 10.5. The molecular formula is C24H26O5. The van der Waals surface area contributed by atoms with Crippen LogP contribution in [0.1, 0.15) is 38.8 Å². The van der Waals surface area contributed by atoms with Crippen LogP contribution in [-0.2, 0) is 11.2 Å². The van der Waals surface area contributed by atoms with Crippen LogP contribution in [0.2, 0.25) is 0 Å². The number of aliphatic hydroxyl groups is 2. The highest BCUT2D eigenvalue weighted by atomic mass is 16.5. The summed E-state index contributed by atoms with van der Waals surface area (Å²) in [5.41, 5.74) is -0.342. The Hall–Kier alpha value is -3.02. The SMILES string of the molecule is CC(C)(O)c1ccc(Oc2cccc(Oc3ccc(C(C)(C)O)cc3)c2O)cc1. The Kier molecular flexibility index (Phi) is 5.55. The van der Waals surface area contributed by atoms with Gasteiger partial charge < -0.3 is 24.8 Å². The molecule has 0 bridgehead atoms. The van der Waals surface area contributed by atoms with Gasteiger partial charge in [0.15, 0.2) is 11.5 Å². The summed E-state index contributed by atoms with van der Waals surface area (Å²) < 4.78 is 11.5. The molecule has 0 atom stereocenters. The van der Waals surface area contributed by atoms with E-state index < -0.39 is 11.2 Å². The molecule has 0 aliphatic heterocycles. The molecule has 0 aromatic heterocycles. The van der Waals surface area contributed by atoms with Gasteiger partial charge in [-0.2, -0.15) is 0 Å². The van der Waals surface area contributed by atoms with Crippen LogP contribution in [0.5, 0.6) is 28.7 Å². The molecule has 0 saturated carbocycles. The second-order valence-corrected chi connectivity index (χ2v) is 7.97. The van der Waals surface area contributed by atoms with E-state index >= 15 is 0 Å². The lowest BCUT2D eigenvalue weighted by Gasteiger charge is -2.18. The Morgan fingerprint density at radius 3 is 1.24 bits per heavy atom. The highest BCUT2D eigenvalue weighted by molar-refractivity contribution is 5.53. The average molecular weight is 394 g/mol. The van der Waals surface area contributed by atoms with Crippen LogP contribution >= 0.6 is 0 Å². The summed E-state index contributed by atoms with van der Waals surface area (Å²) in [7, 11) is 0. The van der Waals surface area contributed by atoms with Crippen molar-refractivity contribution in [1.82, 2.24) is 0 Å². The third kappa shape index (κ3) is 5.08. The first kappa shape index (κ1) is 20.7. The molecule has 3 aromatic rings. The number of hydrogen-bond acceptors (Lipinski definition) is 5. The minimum absolute atomic E-state index is 0.120. The van der Waals surface area contributed by atoms with Gasteiger partial charge in [0.1, 0.15) is 11.5 Å². The summed E-state index contributed by atoms with van der Waals surface area (Å²) in [5, 5.41) is 30.6. The third-order valence-electron chi connectivity index (χ3n) is 4.54. The first-order valence-electron chi connectivity index (χ1n) is 9.37. The smallest absolute Gasteiger partial charge is 0.202 e. The predicted molar refractivity (Wildman–Crippen MR) is 112 cm³/mol. The lowest BCUT2D eigenvalue weighted by atomic mass is 9.99. The molecule has 0 aliphatic carbocycles. The summed E-state index contributed by atoms with van der Waals surface area (Å²) in [6.07, 6.45) is 0. The van der Waals surface area contributed by atoms with Crippen LogP contribution in [0.15, 0.2) is 66.7 Å². The second kappa shape index (κ2) is 7.78. The van der Waals surface area contributed by atoms with Gasteiger partial charge in [0.25, 0.3) is 0 Å². The Balaban J connectivity index is 1.77. The summed E-state index contributed by atoms with van der Waals surface area (Å²) in [4.78, 5) is 0. The van der Waals surface area contributed by atoms with Crippen molar-refractivity contribution in [2.24, 2.45) is 0 Å². The van der Waals surface area contributed by atoms with Gasteiger partial charge in [-0.1, -0.05) is 30.3 Å². The number of phenolic OH excluding ortho intramolecular Hbond substituents is 1. The lowest BCUT2D eigenvalue weighted by molar-refractivity contribution is 0.0780. The fourth-order valence-electron chi connectivity index (χ4n) is 2.78. The Morgan fingerprint density at radius 1 is 0.586 bits per heavy atom. The topological polar surface area (TPSA) is 79.2 Å². The number of para-hydroxylation sites is 1. The summed E-state index contributed by atoms with van der Waals surface area (Å²) >= 11 is 0. The summed E-state index contributed by atoms with van der Waals surface area (Å²) in [5.74, 6) is 1.45. The monoisotopic (exact) mass is 394 g/mol. The number of rotatable bonds is 6. The molecule has 0 unspecified atom stereocenters.